The van der Waals surface area contributed by atoms with Gasteiger partial charge >= 0.3 is 0 Å². The van der Waals surface area contributed by atoms with Crippen molar-refractivity contribution in [3.8, 4) is 12.3 Å². The molecule has 3 rings (SSSR count). The van der Waals surface area contributed by atoms with Gasteiger partial charge < -0.3 is 10.6 Å². The fourth-order valence-electron chi connectivity index (χ4n) is 3.22. The number of hydrogen-bond acceptors (Lipinski definition) is 4. The van der Waals surface area contributed by atoms with Crippen LogP contribution in [-0.2, 0) is 0 Å². The summed E-state index contributed by atoms with van der Waals surface area (Å²) in [5.74, 6) is 3.08. The molecule has 1 saturated heterocycles. The maximum Gasteiger partial charge on any atom is 0.251 e. The maximum absolute atomic E-state index is 12.4. The zero-order valence-electron chi connectivity index (χ0n) is 13.9. The maximum atomic E-state index is 12.4. The van der Waals surface area contributed by atoms with Gasteiger partial charge in [-0.15, -0.1) is 12.3 Å². The van der Waals surface area contributed by atoms with E-state index in [1.807, 2.05) is 18.2 Å². The molecule has 24 heavy (non-hydrogen) atoms. The quantitative estimate of drug-likeness (QED) is 0.757. The summed E-state index contributed by atoms with van der Waals surface area (Å²) < 4.78 is 0. The molecular weight excluding hydrogens is 300 g/mol. The number of nitrogens with one attached hydrogen (secondary N) is 2. The average molecular weight is 324 g/mol. The van der Waals surface area contributed by atoms with E-state index in [0.29, 0.717) is 25.3 Å². The van der Waals surface area contributed by atoms with Gasteiger partial charge in [-0.2, -0.15) is 10.2 Å². The Morgan fingerprint density at radius 2 is 2.29 bits per heavy atom. The third-order valence-electron chi connectivity index (χ3n) is 4.78. The zero-order chi connectivity index (χ0) is 16.8. The molecular formula is C19H24N4O. The number of hydrogen-bond donors (Lipinski definition) is 2. The van der Waals surface area contributed by atoms with Crippen molar-refractivity contribution in [3.63, 3.8) is 0 Å². The Labute approximate surface area is 143 Å². The van der Waals surface area contributed by atoms with E-state index in [0.717, 1.165) is 25.1 Å². The molecule has 5 heteroatoms. The molecule has 0 radical (unpaired) electrons. The number of benzene rings is 1. The van der Waals surface area contributed by atoms with Crippen LogP contribution in [0, 0.1) is 12.3 Å². The molecule has 1 atom stereocenters. The minimum absolute atomic E-state index is 0.0339. The molecule has 1 amide bonds. The Hall–Kier alpha value is -2.19. The van der Waals surface area contributed by atoms with E-state index in [1.165, 1.54) is 18.4 Å². The van der Waals surface area contributed by atoms with Gasteiger partial charge in [0.05, 0.1) is 0 Å². The summed E-state index contributed by atoms with van der Waals surface area (Å²) in [6.07, 6.45) is 9.80. The summed E-state index contributed by atoms with van der Waals surface area (Å²) in [6, 6.07) is 7.98. The first-order valence-electron chi connectivity index (χ1n) is 8.69. The van der Waals surface area contributed by atoms with E-state index in [2.05, 4.69) is 32.8 Å². The highest BCUT2D eigenvalue weighted by molar-refractivity contribution is 5.94. The van der Waals surface area contributed by atoms with E-state index in [1.54, 1.807) is 0 Å². The highest BCUT2D eigenvalue weighted by atomic mass is 16.1. The SMILES string of the molecule is C#CCCC1(CCNC(=O)c2cccc(C3CCCNC3)c2)N=N1. The predicted octanol–water partition coefficient (Wildman–Crippen LogP) is 2.85. The fourth-order valence-corrected chi connectivity index (χ4v) is 3.22. The monoisotopic (exact) mass is 324 g/mol. The Morgan fingerprint density at radius 1 is 1.42 bits per heavy atom. The molecule has 0 aromatic heterocycles. The molecule has 1 aromatic carbocycles. The lowest BCUT2D eigenvalue weighted by atomic mass is 9.90. The molecule has 2 heterocycles. The first-order valence-corrected chi connectivity index (χ1v) is 8.69. The summed E-state index contributed by atoms with van der Waals surface area (Å²) in [7, 11) is 0. The van der Waals surface area contributed by atoms with Crippen molar-refractivity contribution in [1.29, 1.82) is 0 Å². The molecule has 0 saturated carbocycles. The fraction of sp³-hybridized carbons (Fsp3) is 0.526. The van der Waals surface area contributed by atoms with Crippen LogP contribution in [0.5, 0.6) is 0 Å². The van der Waals surface area contributed by atoms with Gasteiger partial charge in [0, 0.05) is 37.9 Å². The number of rotatable bonds is 7. The molecule has 2 aliphatic rings. The standard InChI is InChI=1S/C19H24N4O/c1-2-3-9-19(22-23-19)10-12-21-18(24)16-7-4-6-15(13-16)17-8-5-11-20-14-17/h1,4,6-7,13,17,20H,3,5,8-12,14H2,(H,21,24). The van der Waals surface area contributed by atoms with Gasteiger partial charge in [0.15, 0.2) is 5.66 Å². The summed E-state index contributed by atoms with van der Waals surface area (Å²) in [4.78, 5) is 12.4. The van der Waals surface area contributed by atoms with Gasteiger partial charge in [-0.1, -0.05) is 12.1 Å². The summed E-state index contributed by atoms with van der Waals surface area (Å²) in [5, 5.41) is 14.6. The number of piperidine rings is 1. The van der Waals surface area contributed by atoms with Gasteiger partial charge in [-0.05, 0) is 43.0 Å². The topological polar surface area (TPSA) is 65.8 Å². The van der Waals surface area contributed by atoms with Gasteiger partial charge in [-0.25, -0.2) is 0 Å². The number of carbonyl (C=O) groups is 1. The highest BCUT2D eigenvalue weighted by Gasteiger charge is 2.38. The Balaban J connectivity index is 1.51. The van der Waals surface area contributed by atoms with Gasteiger partial charge in [-0.3, -0.25) is 4.79 Å². The molecule has 0 aliphatic carbocycles. The largest absolute Gasteiger partial charge is 0.352 e. The molecule has 1 fully saturated rings. The van der Waals surface area contributed by atoms with Gasteiger partial charge in [0.25, 0.3) is 5.91 Å². The smallest absolute Gasteiger partial charge is 0.251 e. The van der Waals surface area contributed by atoms with E-state index in [9.17, 15) is 4.79 Å². The Morgan fingerprint density at radius 3 is 3.00 bits per heavy atom. The summed E-state index contributed by atoms with van der Waals surface area (Å²) >= 11 is 0. The van der Waals surface area contributed by atoms with Crippen LogP contribution in [-0.4, -0.2) is 31.2 Å². The van der Waals surface area contributed by atoms with E-state index in [-0.39, 0.29) is 11.6 Å². The van der Waals surface area contributed by atoms with Crippen molar-refractivity contribution in [2.45, 2.75) is 43.7 Å². The van der Waals surface area contributed by atoms with E-state index in [4.69, 9.17) is 6.42 Å². The number of nitrogens with zero attached hydrogens (tertiary/aromatic N) is 2. The van der Waals surface area contributed by atoms with Crippen LogP contribution in [0.25, 0.3) is 0 Å². The molecule has 2 aliphatic heterocycles. The Bertz CT molecular complexity index is 650. The molecule has 1 aromatic rings. The van der Waals surface area contributed by atoms with Crippen molar-refractivity contribution in [1.82, 2.24) is 10.6 Å². The molecule has 0 bridgehead atoms. The molecule has 0 spiro atoms. The first kappa shape index (κ1) is 16.7. The van der Waals surface area contributed by atoms with Crippen LogP contribution in [0.2, 0.25) is 0 Å². The zero-order valence-corrected chi connectivity index (χ0v) is 13.9. The van der Waals surface area contributed by atoms with Crippen molar-refractivity contribution in [3.05, 3.63) is 35.4 Å². The second-order valence-electron chi connectivity index (χ2n) is 6.56. The second kappa shape index (κ2) is 7.59. The van der Waals surface area contributed by atoms with Crippen molar-refractivity contribution < 1.29 is 4.79 Å². The van der Waals surface area contributed by atoms with E-state index >= 15 is 0 Å². The number of terminal acetylenes is 1. The van der Waals surface area contributed by atoms with Crippen LogP contribution in [0.3, 0.4) is 0 Å². The van der Waals surface area contributed by atoms with Crippen LogP contribution in [0.4, 0.5) is 0 Å². The average Bonchev–Trinajstić information content (AvgIpc) is 3.41. The first-order chi connectivity index (χ1) is 11.7. The molecule has 2 N–H and O–H groups in total. The van der Waals surface area contributed by atoms with Crippen LogP contribution in [0.15, 0.2) is 34.5 Å². The summed E-state index contributed by atoms with van der Waals surface area (Å²) in [6.45, 7) is 2.64. The highest BCUT2D eigenvalue weighted by Crippen LogP contribution is 2.36. The molecule has 5 nitrogen and oxygen atoms in total. The Kier molecular flexibility index (Phi) is 5.27. The van der Waals surface area contributed by atoms with Crippen LogP contribution in [0.1, 0.15) is 53.9 Å². The lowest BCUT2D eigenvalue weighted by molar-refractivity contribution is 0.0951. The van der Waals surface area contributed by atoms with E-state index < -0.39 is 0 Å². The second-order valence-corrected chi connectivity index (χ2v) is 6.56. The summed E-state index contributed by atoms with van der Waals surface area (Å²) in [5.41, 5.74) is 1.63. The van der Waals surface area contributed by atoms with Crippen LogP contribution >= 0.6 is 0 Å². The van der Waals surface area contributed by atoms with Gasteiger partial charge in [0.1, 0.15) is 0 Å². The normalized spacial score (nSPS) is 21.0. The number of carbonyl (C=O) groups excluding carboxylic acids is 1. The number of amides is 1. The molecule has 1 unspecified atom stereocenters. The molecule has 126 valence electrons. The minimum atomic E-state index is -0.338. The third kappa shape index (κ3) is 4.21. The van der Waals surface area contributed by atoms with Crippen molar-refractivity contribution in [2.24, 2.45) is 10.2 Å². The van der Waals surface area contributed by atoms with Crippen molar-refractivity contribution >= 4 is 5.91 Å². The van der Waals surface area contributed by atoms with Gasteiger partial charge in [0.2, 0.25) is 0 Å². The predicted molar refractivity (Wildman–Crippen MR) is 93.9 cm³/mol. The lowest BCUT2D eigenvalue weighted by Gasteiger charge is -2.23. The van der Waals surface area contributed by atoms with Crippen LogP contribution < -0.4 is 10.6 Å². The van der Waals surface area contributed by atoms with Crippen molar-refractivity contribution in [2.75, 3.05) is 19.6 Å². The minimum Gasteiger partial charge on any atom is -0.352 e. The third-order valence-corrected chi connectivity index (χ3v) is 4.78. The lowest BCUT2D eigenvalue weighted by Crippen LogP contribution is -2.29.